The number of aryl methyl sites for hydroxylation is 1. The summed E-state index contributed by atoms with van der Waals surface area (Å²) in [7, 11) is 0. The molecule has 2 N–H and O–H groups in total. The van der Waals surface area contributed by atoms with Crippen LogP contribution >= 0.6 is 27.3 Å². The van der Waals surface area contributed by atoms with Crippen molar-refractivity contribution in [3.8, 4) is 0 Å². The van der Waals surface area contributed by atoms with Gasteiger partial charge in [0.1, 0.15) is 0 Å². The fourth-order valence-electron chi connectivity index (χ4n) is 1.37. The number of anilines is 1. The van der Waals surface area contributed by atoms with E-state index >= 15 is 0 Å². The molecule has 0 amide bonds. The van der Waals surface area contributed by atoms with Gasteiger partial charge in [-0.2, -0.15) is 5.10 Å². The van der Waals surface area contributed by atoms with E-state index in [1.807, 2.05) is 18.5 Å². The maximum atomic E-state index is 5.57. The molecule has 0 aliphatic heterocycles. The highest BCUT2D eigenvalue weighted by Crippen LogP contribution is 2.22. The van der Waals surface area contributed by atoms with Gasteiger partial charge >= 0.3 is 0 Å². The molecule has 2 aromatic rings. The zero-order valence-electron chi connectivity index (χ0n) is 8.49. The molecule has 15 heavy (non-hydrogen) atoms. The van der Waals surface area contributed by atoms with Crippen molar-refractivity contribution in [3.63, 3.8) is 0 Å². The number of hydrogen-bond acceptors (Lipinski definition) is 4. The zero-order chi connectivity index (χ0) is 11.0. The van der Waals surface area contributed by atoms with Crippen molar-refractivity contribution in [2.45, 2.75) is 20.4 Å². The number of nitrogens with zero attached hydrogens (tertiary/aromatic N) is 3. The van der Waals surface area contributed by atoms with Crippen LogP contribution in [0.3, 0.4) is 0 Å². The Bertz CT molecular complexity index is 488. The van der Waals surface area contributed by atoms with Gasteiger partial charge < -0.3 is 5.73 Å². The summed E-state index contributed by atoms with van der Waals surface area (Å²) < 4.78 is 3.02. The second-order valence-corrected chi connectivity index (χ2v) is 5.25. The summed E-state index contributed by atoms with van der Waals surface area (Å²) in [6, 6.07) is 0. The molecule has 0 unspecified atom stereocenters. The molecular weight excluding hydrogens is 276 g/mol. The lowest BCUT2D eigenvalue weighted by Crippen LogP contribution is -2.02. The summed E-state index contributed by atoms with van der Waals surface area (Å²) in [5, 5.41) is 5.02. The molecule has 0 bridgehead atoms. The van der Waals surface area contributed by atoms with E-state index in [1.165, 1.54) is 11.3 Å². The van der Waals surface area contributed by atoms with Gasteiger partial charge in [0.15, 0.2) is 5.13 Å². The summed E-state index contributed by atoms with van der Waals surface area (Å²) in [4.78, 5) is 5.13. The third kappa shape index (κ3) is 2.05. The van der Waals surface area contributed by atoms with Gasteiger partial charge in [0, 0.05) is 11.1 Å². The number of halogens is 1. The van der Waals surface area contributed by atoms with E-state index in [2.05, 4.69) is 26.0 Å². The summed E-state index contributed by atoms with van der Waals surface area (Å²) in [6.07, 6.45) is 1.80. The molecule has 0 aromatic carbocycles. The predicted octanol–water partition coefficient (Wildman–Crippen LogP) is 2.35. The van der Waals surface area contributed by atoms with Crippen LogP contribution < -0.4 is 5.73 Å². The number of nitrogen functional groups attached to an aromatic ring is 1. The predicted molar refractivity (Wildman–Crippen MR) is 65.0 cm³/mol. The van der Waals surface area contributed by atoms with Gasteiger partial charge in [0.05, 0.1) is 22.4 Å². The summed E-state index contributed by atoms with van der Waals surface area (Å²) >= 11 is 5.00. The van der Waals surface area contributed by atoms with Gasteiger partial charge in [0.25, 0.3) is 0 Å². The molecule has 2 heterocycles. The molecule has 6 heteroatoms. The van der Waals surface area contributed by atoms with Gasteiger partial charge in [-0.1, -0.05) is 0 Å². The lowest BCUT2D eigenvalue weighted by molar-refractivity contribution is 0.665. The topological polar surface area (TPSA) is 56.7 Å². The molecule has 2 rings (SSSR count). The third-order valence-electron chi connectivity index (χ3n) is 2.17. The Labute approximate surface area is 100 Å². The molecule has 0 aliphatic carbocycles. The minimum atomic E-state index is 0.602. The Morgan fingerprint density at radius 3 is 2.73 bits per heavy atom. The van der Waals surface area contributed by atoms with E-state index in [4.69, 9.17) is 5.73 Å². The van der Waals surface area contributed by atoms with Crippen LogP contribution in [-0.2, 0) is 6.54 Å². The van der Waals surface area contributed by atoms with E-state index in [-0.39, 0.29) is 0 Å². The van der Waals surface area contributed by atoms with Crippen LogP contribution in [0.1, 0.15) is 16.3 Å². The standard InChI is InChI=1S/C9H11BrN4S/c1-5-8(10)6(2)14(13-5)4-7-3-12-9(11)15-7/h3H,4H2,1-2H3,(H2,11,12). The van der Waals surface area contributed by atoms with E-state index in [1.54, 1.807) is 6.20 Å². The molecule has 0 spiro atoms. The first-order valence-corrected chi connectivity index (χ1v) is 6.08. The first-order chi connectivity index (χ1) is 7.08. The molecule has 0 saturated carbocycles. The van der Waals surface area contributed by atoms with Crippen LogP contribution in [0.5, 0.6) is 0 Å². The van der Waals surface area contributed by atoms with Crippen LogP contribution in [0.4, 0.5) is 5.13 Å². The molecule has 4 nitrogen and oxygen atoms in total. The highest BCUT2D eigenvalue weighted by molar-refractivity contribution is 9.10. The van der Waals surface area contributed by atoms with E-state index in [0.717, 1.165) is 27.3 Å². The van der Waals surface area contributed by atoms with Gasteiger partial charge in [-0.3, -0.25) is 4.68 Å². The second kappa shape index (κ2) is 3.94. The minimum Gasteiger partial charge on any atom is -0.375 e. The normalized spacial score (nSPS) is 10.9. The molecular formula is C9H11BrN4S. The van der Waals surface area contributed by atoms with Crippen LogP contribution in [0.25, 0.3) is 0 Å². The Morgan fingerprint density at radius 2 is 2.27 bits per heavy atom. The zero-order valence-corrected chi connectivity index (χ0v) is 10.9. The lowest BCUT2D eigenvalue weighted by atomic mass is 10.4. The van der Waals surface area contributed by atoms with Crippen LogP contribution in [0.15, 0.2) is 10.7 Å². The smallest absolute Gasteiger partial charge is 0.180 e. The molecule has 0 atom stereocenters. The van der Waals surface area contributed by atoms with E-state index in [9.17, 15) is 0 Å². The highest BCUT2D eigenvalue weighted by atomic mass is 79.9. The van der Waals surface area contributed by atoms with E-state index < -0.39 is 0 Å². The molecule has 0 saturated heterocycles. The Hall–Kier alpha value is -0.880. The van der Waals surface area contributed by atoms with Crippen molar-refractivity contribution >= 4 is 32.4 Å². The van der Waals surface area contributed by atoms with Crippen LogP contribution in [0, 0.1) is 13.8 Å². The first-order valence-electron chi connectivity index (χ1n) is 4.47. The average molecular weight is 287 g/mol. The molecule has 80 valence electrons. The molecule has 2 aromatic heterocycles. The first kappa shape index (κ1) is 10.6. The Balaban J connectivity index is 2.28. The number of aromatic nitrogens is 3. The van der Waals surface area contributed by atoms with Crippen LogP contribution in [-0.4, -0.2) is 14.8 Å². The fourth-order valence-corrected chi connectivity index (χ4v) is 2.32. The largest absolute Gasteiger partial charge is 0.375 e. The second-order valence-electron chi connectivity index (χ2n) is 3.31. The molecule has 0 fully saturated rings. The summed E-state index contributed by atoms with van der Waals surface area (Å²) in [6.45, 7) is 4.75. The third-order valence-corrected chi connectivity index (χ3v) is 4.13. The van der Waals surface area contributed by atoms with Crippen molar-refractivity contribution in [2.24, 2.45) is 0 Å². The van der Waals surface area contributed by atoms with Crippen molar-refractivity contribution < 1.29 is 0 Å². The van der Waals surface area contributed by atoms with Gasteiger partial charge in [0.2, 0.25) is 0 Å². The van der Waals surface area contributed by atoms with Gasteiger partial charge in [-0.25, -0.2) is 4.98 Å². The summed E-state index contributed by atoms with van der Waals surface area (Å²) in [5.74, 6) is 0. The Kier molecular flexibility index (Phi) is 2.79. The van der Waals surface area contributed by atoms with E-state index in [0.29, 0.717) is 5.13 Å². The van der Waals surface area contributed by atoms with Crippen molar-refractivity contribution in [1.82, 2.24) is 14.8 Å². The van der Waals surface area contributed by atoms with Gasteiger partial charge in [-0.15, -0.1) is 11.3 Å². The molecule has 0 aliphatic rings. The van der Waals surface area contributed by atoms with Crippen molar-refractivity contribution in [1.29, 1.82) is 0 Å². The lowest BCUT2D eigenvalue weighted by Gasteiger charge is -2.00. The SMILES string of the molecule is Cc1nn(Cc2cnc(N)s2)c(C)c1Br. The summed E-state index contributed by atoms with van der Waals surface area (Å²) in [5.41, 5.74) is 7.70. The van der Waals surface area contributed by atoms with Crippen LogP contribution in [0.2, 0.25) is 0 Å². The van der Waals surface area contributed by atoms with Crippen molar-refractivity contribution in [2.75, 3.05) is 5.73 Å². The molecule has 0 radical (unpaired) electrons. The number of nitrogens with two attached hydrogens (primary N) is 1. The monoisotopic (exact) mass is 286 g/mol. The Morgan fingerprint density at radius 1 is 1.53 bits per heavy atom. The highest BCUT2D eigenvalue weighted by Gasteiger charge is 2.09. The number of rotatable bonds is 2. The maximum absolute atomic E-state index is 5.57. The number of hydrogen-bond donors (Lipinski definition) is 1. The number of thiazole rings is 1. The quantitative estimate of drug-likeness (QED) is 0.922. The minimum absolute atomic E-state index is 0.602. The van der Waals surface area contributed by atoms with Gasteiger partial charge in [-0.05, 0) is 29.8 Å². The van der Waals surface area contributed by atoms with Crippen molar-refractivity contribution in [3.05, 3.63) is 26.9 Å². The maximum Gasteiger partial charge on any atom is 0.180 e. The fraction of sp³-hybridized carbons (Fsp3) is 0.333. The average Bonchev–Trinajstić information content (AvgIpc) is 2.68.